The predicted octanol–water partition coefficient (Wildman–Crippen LogP) is 3.92. The number of hydrogen-bond acceptors (Lipinski definition) is 7. The normalized spacial score (nSPS) is 21.1. The zero-order chi connectivity index (χ0) is 22.0. The summed E-state index contributed by atoms with van der Waals surface area (Å²) in [6.45, 7) is 4.39. The fourth-order valence-electron chi connectivity index (χ4n) is 4.99. The molecule has 0 saturated carbocycles. The number of aromatic nitrogens is 2. The highest BCUT2D eigenvalue weighted by atomic mass is 15.3. The van der Waals surface area contributed by atoms with E-state index in [1.165, 1.54) is 45.2 Å². The van der Waals surface area contributed by atoms with Crippen molar-refractivity contribution in [2.24, 2.45) is 0 Å². The second-order valence-corrected chi connectivity index (χ2v) is 8.98. The lowest BCUT2D eigenvalue weighted by Crippen LogP contribution is -2.56. The van der Waals surface area contributed by atoms with Crippen molar-refractivity contribution in [3.63, 3.8) is 0 Å². The highest BCUT2D eigenvalue weighted by Crippen LogP contribution is 2.34. The molecule has 1 aromatic carbocycles. The van der Waals surface area contributed by atoms with Gasteiger partial charge in [0.05, 0.1) is 23.5 Å². The molecule has 0 radical (unpaired) electrons. The number of rotatable bonds is 5. The van der Waals surface area contributed by atoms with E-state index in [9.17, 15) is 5.26 Å². The van der Waals surface area contributed by atoms with Crippen LogP contribution in [0.15, 0.2) is 24.4 Å². The Balaban J connectivity index is 1.63. The van der Waals surface area contributed by atoms with Crippen molar-refractivity contribution in [1.29, 1.82) is 5.26 Å². The van der Waals surface area contributed by atoms with Gasteiger partial charge < -0.3 is 15.1 Å². The molecule has 3 heterocycles. The van der Waals surface area contributed by atoms with Gasteiger partial charge in [-0.1, -0.05) is 12.5 Å². The molecule has 0 spiro atoms. The molecule has 0 aliphatic carbocycles. The molecule has 0 amide bonds. The first-order valence-corrected chi connectivity index (χ1v) is 11.3. The largest absolute Gasteiger partial charge is 0.373 e. The molecule has 164 valence electrons. The average molecular weight is 420 g/mol. The minimum atomic E-state index is 0.458. The van der Waals surface area contributed by atoms with E-state index < -0.39 is 0 Å². The fourth-order valence-corrected chi connectivity index (χ4v) is 4.99. The molecule has 2 aromatic rings. The van der Waals surface area contributed by atoms with Gasteiger partial charge >= 0.3 is 0 Å². The Hall–Kier alpha value is -2.85. The van der Waals surface area contributed by atoms with E-state index in [2.05, 4.69) is 38.1 Å². The Kier molecular flexibility index (Phi) is 6.28. The number of likely N-dealkylation sites (N-methyl/N-ethyl adjacent to an activating group) is 1. The lowest BCUT2D eigenvalue weighted by Gasteiger charge is -2.48. The zero-order valence-electron chi connectivity index (χ0n) is 19.1. The van der Waals surface area contributed by atoms with Gasteiger partial charge in [-0.25, -0.2) is 4.98 Å². The van der Waals surface area contributed by atoms with Crippen LogP contribution < -0.4 is 15.1 Å². The van der Waals surface area contributed by atoms with Gasteiger partial charge in [-0.2, -0.15) is 10.2 Å². The Bertz CT molecular complexity index is 963. The highest BCUT2D eigenvalue weighted by molar-refractivity contribution is 5.69. The lowest BCUT2D eigenvalue weighted by atomic mass is 9.88. The summed E-state index contributed by atoms with van der Waals surface area (Å²) < 4.78 is 0. The quantitative estimate of drug-likeness (QED) is 0.787. The summed E-state index contributed by atoms with van der Waals surface area (Å²) in [5.41, 5.74) is 3.46. The van der Waals surface area contributed by atoms with Gasteiger partial charge in [0, 0.05) is 38.9 Å². The lowest BCUT2D eigenvalue weighted by molar-refractivity contribution is 0.0894. The van der Waals surface area contributed by atoms with Crippen molar-refractivity contribution in [2.45, 2.75) is 51.1 Å². The van der Waals surface area contributed by atoms with Gasteiger partial charge in [0.15, 0.2) is 5.82 Å². The van der Waals surface area contributed by atoms with E-state index in [1.807, 2.05) is 45.4 Å². The summed E-state index contributed by atoms with van der Waals surface area (Å²) in [5, 5.41) is 12.6. The van der Waals surface area contributed by atoms with Crippen LogP contribution in [0.4, 0.5) is 23.1 Å². The molecule has 2 aliphatic heterocycles. The Morgan fingerprint density at radius 2 is 1.94 bits per heavy atom. The topological polar surface area (TPSA) is 71.3 Å². The van der Waals surface area contributed by atoms with Crippen LogP contribution in [0.3, 0.4) is 0 Å². The van der Waals surface area contributed by atoms with Crippen molar-refractivity contribution in [3.05, 3.63) is 35.5 Å². The van der Waals surface area contributed by atoms with Crippen molar-refractivity contribution in [3.8, 4) is 6.07 Å². The summed E-state index contributed by atoms with van der Waals surface area (Å²) in [7, 11) is 6.26. The molecule has 4 rings (SSSR count). The number of aryl methyl sites for hydroxylation is 1. The van der Waals surface area contributed by atoms with E-state index in [4.69, 9.17) is 4.98 Å². The molecule has 1 N–H and O–H groups in total. The van der Waals surface area contributed by atoms with E-state index >= 15 is 0 Å². The number of piperidine rings is 2. The number of benzene rings is 1. The summed E-state index contributed by atoms with van der Waals surface area (Å²) >= 11 is 0. The number of nitrogens with zero attached hydrogens (tertiary/aromatic N) is 6. The number of anilines is 4. The van der Waals surface area contributed by atoms with Crippen molar-refractivity contribution < 1.29 is 0 Å². The molecule has 2 aliphatic rings. The second-order valence-electron chi connectivity index (χ2n) is 8.98. The maximum Gasteiger partial charge on any atom is 0.229 e. The smallest absolute Gasteiger partial charge is 0.229 e. The van der Waals surface area contributed by atoms with E-state index in [-0.39, 0.29) is 0 Å². The molecule has 0 bridgehead atoms. The molecule has 1 aromatic heterocycles. The SMILES string of the molecule is Cc1ccc(Nc2ncc(N(C)C)c(N(C)[C@H]3CCCN4CCCC[C@H]34)n2)cc1C#N. The van der Waals surface area contributed by atoms with Gasteiger partial charge in [-0.05, 0) is 63.4 Å². The molecule has 0 unspecified atom stereocenters. The fraction of sp³-hybridized carbons (Fsp3) is 0.542. The van der Waals surface area contributed by atoms with Gasteiger partial charge in [-0.3, -0.25) is 4.90 Å². The zero-order valence-corrected chi connectivity index (χ0v) is 19.1. The first-order valence-electron chi connectivity index (χ1n) is 11.3. The Morgan fingerprint density at radius 1 is 1.13 bits per heavy atom. The van der Waals surface area contributed by atoms with Crippen LogP contribution in [0.5, 0.6) is 0 Å². The molecule has 2 fully saturated rings. The van der Waals surface area contributed by atoms with Crippen LogP contribution in [0.2, 0.25) is 0 Å². The molecule has 2 saturated heterocycles. The van der Waals surface area contributed by atoms with Crippen LogP contribution >= 0.6 is 0 Å². The number of fused-ring (bicyclic) bond motifs is 1. The minimum absolute atomic E-state index is 0.458. The van der Waals surface area contributed by atoms with E-state index in [0.29, 0.717) is 23.6 Å². The third-order valence-corrected chi connectivity index (χ3v) is 6.73. The monoisotopic (exact) mass is 419 g/mol. The van der Waals surface area contributed by atoms with Gasteiger partial charge in [0.1, 0.15) is 0 Å². The first-order chi connectivity index (χ1) is 15.0. The summed E-state index contributed by atoms with van der Waals surface area (Å²) in [6.07, 6.45) is 8.22. The van der Waals surface area contributed by atoms with Crippen LogP contribution in [0, 0.1) is 18.3 Å². The van der Waals surface area contributed by atoms with Crippen LogP contribution in [-0.2, 0) is 0 Å². The molecule has 7 nitrogen and oxygen atoms in total. The second kappa shape index (κ2) is 9.11. The molecule has 7 heteroatoms. The van der Waals surface area contributed by atoms with Gasteiger partial charge in [0.25, 0.3) is 0 Å². The molecular formula is C24H33N7. The maximum atomic E-state index is 9.34. The minimum Gasteiger partial charge on any atom is -0.373 e. The van der Waals surface area contributed by atoms with Crippen molar-refractivity contribution in [1.82, 2.24) is 14.9 Å². The Morgan fingerprint density at radius 3 is 2.71 bits per heavy atom. The number of nitrogens with one attached hydrogen (secondary N) is 1. The first kappa shape index (κ1) is 21.4. The third-order valence-electron chi connectivity index (χ3n) is 6.73. The van der Waals surface area contributed by atoms with Gasteiger partial charge in [-0.15, -0.1) is 0 Å². The number of hydrogen-bond donors (Lipinski definition) is 1. The molecule has 31 heavy (non-hydrogen) atoms. The Labute approximate surface area is 185 Å². The van der Waals surface area contributed by atoms with E-state index in [0.717, 1.165) is 22.8 Å². The van der Waals surface area contributed by atoms with E-state index in [1.54, 1.807) is 0 Å². The standard InChI is InChI=1S/C24H33N7/c1-17-10-11-19(14-18(17)15-25)27-24-26-16-22(29(2)3)23(28-24)30(4)20-9-7-13-31-12-6-5-8-21(20)31/h10-11,14,16,20-21H,5-9,12-13H2,1-4H3,(H,26,27,28)/t20-,21+/m0/s1. The highest BCUT2D eigenvalue weighted by Gasteiger charge is 2.36. The van der Waals surface area contributed by atoms with Crippen LogP contribution in [0.25, 0.3) is 0 Å². The third kappa shape index (κ3) is 4.45. The average Bonchev–Trinajstić information content (AvgIpc) is 2.79. The summed E-state index contributed by atoms with van der Waals surface area (Å²) in [4.78, 5) is 16.6. The van der Waals surface area contributed by atoms with Crippen molar-refractivity contribution in [2.75, 3.05) is 49.3 Å². The summed E-state index contributed by atoms with van der Waals surface area (Å²) in [5.74, 6) is 1.50. The predicted molar refractivity (Wildman–Crippen MR) is 126 cm³/mol. The number of nitriles is 1. The van der Waals surface area contributed by atoms with Crippen LogP contribution in [0.1, 0.15) is 43.2 Å². The summed E-state index contributed by atoms with van der Waals surface area (Å²) in [6, 6.07) is 9.06. The van der Waals surface area contributed by atoms with Gasteiger partial charge in [0.2, 0.25) is 5.95 Å². The molecular weight excluding hydrogens is 386 g/mol. The molecule has 2 atom stereocenters. The van der Waals surface area contributed by atoms with Crippen LogP contribution in [-0.4, -0.2) is 61.2 Å². The maximum absolute atomic E-state index is 9.34. The van der Waals surface area contributed by atoms with Crippen molar-refractivity contribution >= 4 is 23.1 Å².